The molecule has 1 amide bonds. The molecule has 0 radical (unpaired) electrons. The van der Waals surface area contributed by atoms with Gasteiger partial charge in [0.1, 0.15) is 5.82 Å². The maximum atomic E-state index is 13.0. The van der Waals surface area contributed by atoms with Crippen LogP contribution in [0.1, 0.15) is 17.1 Å². The Hall–Kier alpha value is -4.12. The summed E-state index contributed by atoms with van der Waals surface area (Å²) in [6, 6.07) is 19.4. The van der Waals surface area contributed by atoms with E-state index < -0.39 is 11.2 Å². The molecule has 0 unspecified atom stereocenters. The molecule has 190 valence electrons. The molecule has 3 heterocycles. The molecule has 2 aromatic carbocycles. The number of hydrogen-bond donors (Lipinski definition) is 2. The number of piperazine rings is 1. The minimum atomic E-state index is -0.573. The van der Waals surface area contributed by atoms with E-state index in [4.69, 9.17) is 0 Å². The summed E-state index contributed by atoms with van der Waals surface area (Å²) >= 11 is 1.33. The molecule has 2 N–H and O–H groups in total. The van der Waals surface area contributed by atoms with Crippen LogP contribution < -0.4 is 16.1 Å². The molecule has 0 bridgehead atoms. The summed E-state index contributed by atoms with van der Waals surface area (Å²) in [6.45, 7) is 4.91. The van der Waals surface area contributed by atoms with E-state index in [9.17, 15) is 14.4 Å². The normalized spacial score (nSPS) is 13.6. The molecule has 2 aromatic heterocycles. The number of para-hydroxylation sites is 1. The van der Waals surface area contributed by atoms with Crippen LogP contribution in [0.2, 0.25) is 0 Å². The largest absolute Gasteiger partial charge is 0.368 e. The van der Waals surface area contributed by atoms with E-state index in [-0.39, 0.29) is 18.1 Å². The number of hydrogen-bond acceptors (Lipinski definition) is 7. The lowest BCUT2D eigenvalue weighted by atomic mass is 10.2. The van der Waals surface area contributed by atoms with E-state index in [0.717, 1.165) is 24.3 Å². The van der Waals surface area contributed by atoms with E-state index in [1.165, 1.54) is 23.5 Å². The number of aromatic nitrogens is 5. The monoisotopic (exact) mass is 517 g/mol. The number of aryl methyl sites for hydroxylation is 1. The number of aromatic amines is 2. The minimum Gasteiger partial charge on any atom is -0.368 e. The van der Waals surface area contributed by atoms with Crippen LogP contribution in [0.25, 0.3) is 5.69 Å². The number of nitrogens with zero attached hydrogens (tertiary/aromatic N) is 5. The number of amides is 1. The van der Waals surface area contributed by atoms with Crippen molar-refractivity contribution in [2.75, 3.05) is 36.8 Å². The van der Waals surface area contributed by atoms with Gasteiger partial charge in [-0.15, -0.1) is 10.2 Å². The highest BCUT2D eigenvalue weighted by atomic mass is 32.2. The molecule has 0 aliphatic carbocycles. The Bertz CT molecular complexity index is 1480. The van der Waals surface area contributed by atoms with Crippen LogP contribution in [0.5, 0.6) is 0 Å². The van der Waals surface area contributed by atoms with Crippen LogP contribution in [0, 0.1) is 6.92 Å². The minimum absolute atomic E-state index is 0.0528. The number of carbonyl (C=O) groups is 1. The van der Waals surface area contributed by atoms with Gasteiger partial charge in [0.25, 0.3) is 5.56 Å². The van der Waals surface area contributed by atoms with E-state index >= 15 is 0 Å². The van der Waals surface area contributed by atoms with Crippen molar-refractivity contribution in [2.24, 2.45) is 0 Å². The third kappa shape index (κ3) is 5.83. The van der Waals surface area contributed by atoms with Crippen LogP contribution >= 0.6 is 11.8 Å². The number of nitrogens with one attached hydrogen (secondary N) is 2. The van der Waals surface area contributed by atoms with Crippen molar-refractivity contribution in [2.45, 2.75) is 18.5 Å². The SMILES string of the molecule is Cc1cccc(-n2c(Cc3cc(=O)[nH]c(=O)[nH]3)nnc2SCC(=O)N2CCN(c3ccccc3)CC2)c1. The average Bonchev–Trinajstić information content (AvgIpc) is 3.29. The van der Waals surface area contributed by atoms with Crippen molar-refractivity contribution in [1.29, 1.82) is 0 Å². The molecular formula is C26H27N7O3S. The lowest BCUT2D eigenvalue weighted by molar-refractivity contribution is -0.128. The Kier molecular flexibility index (Phi) is 7.22. The van der Waals surface area contributed by atoms with E-state index in [1.54, 1.807) is 0 Å². The average molecular weight is 518 g/mol. The molecule has 10 nitrogen and oxygen atoms in total. The van der Waals surface area contributed by atoms with Gasteiger partial charge in [-0.3, -0.25) is 19.1 Å². The predicted molar refractivity (Wildman–Crippen MR) is 143 cm³/mol. The van der Waals surface area contributed by atoms with Gasteiger partial charge in [0.05, 0.1) is 5.75 Å². The molecule has 0 saturated carbocycles. The Labute approximate surface area is 217 Å². The first-order chi connectivity index (χ1) is 18.0. The highest BCUT2D eigenvalue weighted by molar-refractivity contribution is 7.99. The zero-order chi connectivity index (χ0) is 25.8. The van der Waals surface area contributed by atoms with Crippen LogP contribution in [0.4, 0.5) is 5.69 Å². The lowest BCUT2D eigenvalue weighted by Gasteiger charge is -2.36. The fourth-order valence-electron chi connectivity index (χ4n) is 4.39. The zero-order valence-electron chi connectivity index (χ0n) is 20.4. The topological polar surface area (TPSA) is 120 Å². The molecule has 1 fully saturated rings. The summed E-state index contributed by atoms with van der Waals surface area (Å²) in [7, 11) is 0. The fourth-order valence-corrected chi connectivity index (χ4v) is 5.26. The van der Waals surface area contributed by atoms with Crippen LogP contribution in [0.15, 0.2) is 75.4 Å². The first-order valence-electron chi connectivity index (χ1n) is 12.0. The Morgan fingerprint density at radius 3 is 2.41 bits per heavy atom. The van der Waals surface area contributed by atoms with Crippen LogP contribution in [-0.2, 0) is 11.2 Å². The molecule has 1 aliphatic rings. The van der Waals surface area contributed by atoms with Gasteiger partial charge in [0, 0.05) is 55.7 Å². The summed E-state index contributed by atoms with van der Waals surface area (Å²) in [5, 5.41) is 9.26. The number of H-pyrrole nitrogens is 2. The standard InChI is InChI=1S/C26H27N7O3S/c1-18-6-5-9-21(14-18)33-22(15-19-16-23(34)28-25(36)27-19)29-30-26(33)37-17-24(35)32-12-10-31(11-13-32)20-7-3-2-4-8-20/h2-9,14,16H,10-13,15,17H2,1H3,(H2,27,28,34,36). The maximum Gasteiger partial charge on any atom is 0.325 e. The Morgan fingerprint density at radius 1 is 0.919 bits per heavy atom. The Morgan fingerprint density at radius 2 is 1.68 bits per heavy atom. The molecule has 5 rings (SSSR count). The number of benzene rings is 2. The van der Waals surface area contributed by atoms with Crippen molar-refractivity contribution in [3.63, 3.8) is 0 Å². The van der Waals surface area contributed by atoms with E-state index in [1.807, 2.05) is 58.9 Å². The van der Waals surface area contributed by atoms with Gasteiger partial charge in [-0.05, 0) is 36.8 Å². The molecular weight excluding hydrogens is 490 g/mol. The zero-order valence-corrected chi connectivity index (χ0v) is 21.2. The van der Waals surface area contributed by atoms with Gasteiger partial charge >= 0.3 is 5.69 Å². The second-order valence-corrected chi connectivity index (χ2v) is 9.80. The summed E-state index contributed by atoms with van der Waals surface area (Å²) in [5.41, 5.74) is 2.46. The summed E-state index contributed by atoms with van der Waals surface area (Å²) in [4.78, 5) is 45.5. The Balaban J connectivity index is 1.31. The summed E-state index contributed by atoms with van der Waals surface area (Å²) in [6.07, 6.45) is 0.204. The van der Waals surface area contributed by atoms with Crippen molar-refractivity contribution in [1.82, 2.24) is 29.6 Å². The second-order valence-electron chi connectivity index (χ2n) is 8.86. The molecule has 1 saturated heterocycles. The van der Waals surface area contributed by atoms with Gasteiger partial charge in [0.15, 0.2) is 5.16 Å². The van der Waals surface area contributed by atoms with Gasteiger partial charge < -0.3 is 14.8 Å². The number of thioether (sulfide) groups is 1. The quantitative estimate of drug-likeness (QED) is 0.360. The van der Waals surface area contributed by atoms with Gasteiger partial charge in [-0.25, -0.2) is 4.79 Å². The second kappa shape index (κ2) is 10.9. The summed E-state index contributed by atoms with van der Waals surface area (Å²) < 4.78 is 1.87. The van der Waals surface area contributed by atoms with Crippen LogP contribution in [-0.4, -0.2) is 67.5 Å². The molecule has 0 atom stereocenters. The number of rotatable bonds is 7. The lowest BCUT2D eigenvalue weighted by Crippen LogP contribution is -2.49. The van der Waals surface area contributed by atoms with E-state index in [0.29, 0.717) is 29.8 Å². The summed E-state index contributed by atoms with van der Waals surface area (Å²) in [5.74, 6) is 0.840. The van der Waals surface area contributed by atoms with Gasteiger partial charge in [-0.2, -0.15) is 0 Å². The highest BCUT2D eigenvalue weighted by Gasteiger charge is 2.23. The molecule has 11 heteroatoms. The molecule has 1 aliphatic heterocycles. The molecule has 37 heavy (non-hydrogen) atoms. The first kappa shape index (κ1) is 24.6. The van der Waals surface area contributed by atoms with Crippen LogP contribution in [0.3, 0.4) is 0 Å². The van der Waals surface area contributed by atoms with Gasteiger partial charge in [-0.1, -0.05) is 42.1 Å². The fraction of sp³-hybridized carbons (Fsp3) is 0.269. The predicted octanol–water partition coefficient (Wildman–Crippen LogP) is 1.98. The number of anilines is 1. The number of carbonyl (C=O) groups excluding carboxylic acids is 1. The third-order valence-electron chi connectivity index (χ3n) is 6.20. The third-order valence-corrected chi connectivity index (χ3v) is 7.12. The molecule has 0 spiro atoms. The highest BCUT2D eigenvalue weighted by Crippen LogP contribution is 2.24. The van der Waals surface area contributed by atoms with E-state index in [2.05, 4.69) is 37.2 Å². The smallest absolute Gasteiger partial charge is 0.325 e. The van der Waals surface area contributed by atoms with Crippen molar-refractivity contribution in [3.05, 3.63) is 98.6 Å². The first-order valence-corrected chi connectivity index (χ1v) is 13.0. The van der Waals surface area contributed by atoms with Gasteiger partial charge in [0.2, 0.25) is 5.91 Å². The molecule has 4 aromatic rings. The van der Waals surface area contributed by atoms with Crippen molar-refractivity contribution in [3.8, 4) is 5.69 Å². The van der Waals surface area contributed by atoms with Crippen molar-refractivity contribution >= 4 is 23.4 Å². The maximum absolute atomic E-state index is 13.0. The van der Waals surface area contributed by atoms with Crippen molar-refractivity contribution < 1.29 is 4.79 Å².